The Hall–Kier alpha value is -0.620. The first-order valence-electron chi connectivity index (χ1n) is 4.53. The van der Waals surface area contributed by atoms with Gasteiger partial charge in [0.2, 0.25) is 0 Å². The summed E-state index contributed by atoms with van der Waals surface area (Å²) in [5, 5.41) is 8.43. The summed E-state index contributed by atoms with van der Waals surface area (Å²) in [5.74, 6) is -1.39. The molecule has 1 N–H and O–H groups in total. The summed E-state index contributed by atoms with van der Waals surface area (Å²) in [6, 6.07) is 0. The number of hydrogen-bond acceptors (Lipinski definition) is 4. The molecule has 5 nitrogen and oxygen atoms in total. The molecule has 0 unspecified atom stereocenters. The molecule has 0 aliphatic heterocycles. The van der Waals surface area contributed by atoms with Crippen molar-refractivity contribution in [3.63, 3.8) is 0 Å². The lowest BCUT2D eigenvalue weighted by Crippen LogP contribution is -2.25. The molecule has 0 fully saturated rings. The van der Waals surface area contributed by atoms with Crippen LogP contribution in [0, 0.1) is 0 Å². The molecule has 0 aromatic carbocycles. The van der Waals surface area contributed by atoms with Crippen molar-refractivity contribution in [2.75, 3.05) is 5.75 Å². The van der Waals surface area contributed by atoms with Crippen molar-refractivity contribution in [3.8, 4) is 0 Å². The molecular formula is C8H16O5S. The van der Waals surface area contributed by atoms with Crippen LogP contribution >= 0.6 is 0 Å². The molecule has 0 aromatic rings. The highest BCUT2D eigenvalue weighted by Crippen LogP contribution is 2.04. The number of hydrogen-bond donors (Lipinski definition) is 1. The first kappa shape index (κ1) is 13.4. The van der Waals surface area contributed by atoms with Crippen molar-refractivity contribution in [1.82, 2.24) is 0 Å². The van der Waals surface area contributed by atoms with Crippen LogP contribution < -0.4 is 0 Å². The second-order valence-electron chi connectivity index (χ2n) is 3.05. The fourth-order valence-electron chi connectivity index (χ4n) is 0.838. The Morgan fingerprint density at radius 1 is 1.43 bits per heavy atom. The van der Waals surface area contributed by atoms with E-state index in [1.54, 1.807) is 0 Å². The maximum Gasteiger partial charge on any atom is 0.334 e. The molecule has 0 rings (SSSR count). The van der Waals surface area contributed by atoms with Crippen molar-refractivity contribution in [2.45, 2.75) is 39.2 Å². The van der Waals surface area contributed by atoms with E-state index < -0.39 is 22.2 Å². The predicted octanol–water partition coefficient (Wildman–Crippen LogP) is 0.996. The quantitative estimate of drug-likeness (QED) is 0.515. The molecule has 6 heteroatoms. The van der Waals surface area contributed by atoms with Crippen molar-refractivity contribution in [3.05, 3.63) is 0 Å². The Balaban J connectivity index is 4.01. The first-order chi connectivity index (χ1) is 6.39. The summed E-state index contributed by atoms with van der Waals surface area (Å²) in [6.07, 6.45) is 0.904. The van der Waals surface area contributed by atoms with E-state index in [0.717, 1.165) is 12.8 Å². The topological polar surface area (TPSA) is 80.7 Å². The van der Waals surface area contributed by atoms with Gasteiger partial charge in [-0.25, -0.2) is 4.79 Å². The molecule has 0 saturated heterocycles. The summed E-state index contributed by atoms with van der Waals surface area (Å²) >= 11 is 0. The third-order valence-corrected chi connectivity index (χ3v) is 3.01. The third-order valence-electron chi connectivity index (χ3n) is 1.64. The highest BCUT2D eigenvalue weighted by Gasteiger charge is 2.20. The predicted molar refractivity (Wildman–Crippen MR) is 51.5 cm³/mol. The van der Waals surface area contributed by atoms with Gasteiger partial charge in [0.15, 0.2) is 6.10 Å². The fraction of sp³-hybridized carbons (Fsp3) is 0.875. The summed E-state index contributed by atoms with van der Waals surface area (Å²) in [4.78, 5) is 10.3. The molecule has 0 radical (unpaired) electrons. The SMILES string of the molecule is CCCCCS(=O)(=O)O[C@@H](C)C(=O)O. The fourth-order valence-corrected chi connectivity index (χ4v) is 2.01. The van der Waals surface area contributed by atoms with Gasteiger partial charge in [-0.05, 0) is 13.3 Å². The zero-order valence-corrected chi connectivity index (χ0v) is 9.21. The van der Waals surface area contributed by atoms with E-state index in [2.05, 4.69) is 4.18 Å². The number of carboxylic acid groups (broad SMARTS) is 1. The summed E-state index contributed by atoms with van der Waals surface area (Å²) < 4.78 is 26.7. The maximum absolute atomic E-state index is 11.1. The van der Waals surface area contributed by atoms with E-state index in [1.807, 2.05) is 6.92 Å². The molecule has 0 aliphatic carbocycles. The largest absolute Gasteiger partial charge is 0.479 e. The number of unbranched alkanes of at least 4 members (excludes halogenated alkanes) is 2. The molecule has 0 bridgehead atoms. The van der Waals surface area contributed by atoms with E-state index in [4.69, 9.17) is 5.11 Å². The Morgan fingerprint density at radius 2 is 2.00 bits per heavy atom. The minimum absolute atomic E-state index is 0.113. The molecule has 14 heavy (non-hydrogen) atoms. The molecular weight excluding hydrogens is 208 g/mol. The van der Waals surface area contributed by atoms with Gasteiger partial charge in [-0.15, -0.1) is 0 Å². The molecule has 0 aliphatic rings. The monoisotopic (exact) mass is 224 g/mol. The van der Waals surface area contributed by atoms with Gasteiger partial charge in [0.25, 0.3) is 10.1 Å². The number of carbonyl (C=O) groups is 1. The van der Waals surface area contributed by atoms with Crippen LogP contribution in [0.2, 0.25) is 0 Å². The van der Waals surface area contributed by atoms with E-state index in [0.29, 0.717) is 6.42 Å². The minimum atomic E-state index is -3.68. The average Bonchev–Trinajstić information content (AvgIpc) is 2.03. The standard InChI is InChI=1S/C8H16O5S/c1-3-4-5-6-14(11,12)13-7(2)8(9)10/h7H,3-6H2,1-2H3,(H,9,10)/t7-/m0/s1. The zero-order valence-electron chi connectivity index (χ0n) is 8.39. The van der Waals surface area contributed by atoms with Crippen LogP contribution in [-0.4, -0.2) is 31.4 Å². The van der Waals surface area contributed by atoms with Gasteiger partial charge >= 0.3 is 5.97 Å². The van der Waals surface area contributed by atoms with Gasteiger partial charge in [0.1, 0.15) is 0 Å². The first-order valence-corrected chi connectivity index (χ1v) is 6.10. The van der Waals surface area contributed by atoms with Crippen LogP contribution in [0.15, 0.2) is 0 Å². The molecule has 0 spiro atoms. The Bertz CT molecular complexity index is 269. The van der Waals surface area contributed by atoms with Gasteiger partial charge < -0.3 is 5.11 Å². The highest BCUT2D eigenvalue weighted by molar-refractivity contribution is 7.86. The smallest absolute Gasteiger partial charge is 0.334 e. The Labute approximate surface area is 84.2 Å². The Morgan fingerprint density at radius 3 is 2.43 bits per heavy atom. The van der Waals surface area contributed by atoms with Crippen molar-refractivity contribution in [2.24, 2.45) is 0 Å². The number of carboxylic acids is 1. The van der Waals surface area contributed by atoms with Gasteiger partial charge in [-0.1, -0.05) is 19.8 Å². The second-order valence-corrected chi connectivity index (χ2v) is 4.76. The lowest BCUT2D eigenvalue weighted by Gasteiger charge is -2.08. The lowest BCUT2D eigenvalue weighted by atomic mass is 10.3. The van der Waals surface area contributed by atoms with Crippen molar-refractivity contribution in [1.29, 1.82) is 0 Å². The van der Waals surface area contributed by atoms with Crippen LogP contribution in [-0.2, 0) is 19.1 Å². The highest BCUT2D eigenvalue weighted by atomic mass is 32.2. The van der Waals surface area contributed by atoms with Crippen LogP contribution in [0.3, 0.4) is 0 Å². The van der Waals surface area contributed by atoms with E-state index >= 15 is 0 Å². The van der Waals surface area contributed by atoms with Gasteiger partial charge in [-0.2, -0.15) is 8.42 Å². The maximum atomic E-state index is 11.1. The summed E-state index contributed by atoms with van der Waals surface area (Å²) in [6.45, 7) is 3.15. The van der Waals surface area contributed by atoms with Crippen LogP contribution in [0.5, 0.6) is 0 Å². The average molecular weight is 224 g/mol. The molecule has 0 amide bonds. The van der Waals surface area contributed by atoms with Crippen LogP contribution in [0.25, 0.3) is 0 Å². The normalized spacial score (nSPS) is 13.9. The van der Waals surface area contributed by atoms with E-state index in [9.17, 15) is 13.2 Å². The molecule has 0 aromatic heterocycles. The zero-order chi connectivity index (χ0) is 11.2. The molecule has 0 saturated carbocycles. The van der Waals surface area contributed by atoms with E-state index in [-0.39, 0.29) is 5.75 Å². The Kier molecular flexibility index (Phi) is 5.71. The van der Waals surface area contributed by atoms with Gasteiger partial charge in [-0.3, -0.25) is 4.18 Å². The van der Waals surface area contributed by atoms with Crippen LogP contribution in [0.4, 0.5) is 0 Å². The summed E-state index contributed by atoms with van der Waals surface area (Å²) in [7, 11) is -3.68. The van der Waals surface area contributed by atoms with Crippen molar-refractivity contribution < 1.29 is 22.5 Å². The van der Waals surface area contributed by atoms with Crippen molar-refractivity contribution >= 4 is 16.1 Å². The van der Waals surface area contributed by atoms with Gasteiger partial charge in [0.05, 0.1) is 5.75 Å². The summed E-state index contributed by atoms with van der Waals surface area (Å²) in [5.41, 5.74) is 0. The third kappa shape index (κ3) is 5.93. The van der Waals surface area contributed by atoms with E-state index in [1.165, 1.54) is 6.92 Å². The van der Waals surface area contributed by atoms with Crippen LogP contribution in [0.1, 0.15) is 33.1 Å². The molecule has 1 atom stereocenters. The lowest BCUT2D eigenvalue weighted by molar-refractivity contribution is -0.144. The second kappa shape index (κ2) is 5.98. The minimum Gasteiger partial charge on any atom is -0.479 e. The molecule has 0 heterocycles. The number of aliphatic carboxylic acids is 1. The molecule has 84 valence electrons. The number of rotatable bonds is 7. The van der Waals surface area contributed by atoms with Gasteiger partial charge in [0, 0.05) is 0 Å².